The lowest BCUT2D eigenvalue weighted by molar-refractivity contribution is 0.156. The van der Waals surface area contributed by atoms with Gasteiger partial charge in [-0.25, -0.2) is 0 Å². The average molecular weight is 320 g/mol. The van der Waals surface area contributed by atoms with Crippen LogP contribution in [0.1, 0.15) is 39.0 Å². The lowest BCUT2D eigenvalue weighted by atomic mass is 9.87. The van der Waals surface area contributed by atoms with E-state index in [1.807, 2.05) is 0 Å². The normalized spacial score (nSPS) is 35.6. The van der Waals surface area contributed by atoms with Gasteiger partial charge < -0.3 is 19.9 Å². The highest BCUT2D eigenvalue weighted by Gasteiger charge is 2.42. The summed E-state index contributed by atoms with van der Waals surface area (Å²) in [4.78, 5) is 10.2. The van der Waals surface area contributed by atoms with Gasteiger partial charge in [0.1, 0.15) is 0 Å². The molecule has 4 rings (SSSR count). The van der Waals surface area contributed by atoms with E-state index in [9.17, 15) is 0 Å². The third-order valence-corrected chi connectivity index (χ3v) is 6.14. The van der Waals surface area contributed by atoms with Gasteiger partial charge in [0.15, 0.2) is 5.96 Å². The van der Waals surface area contributed by atoms with Crippen molar-refractivity contribution >= 4 is 5.96 Å². The van der Waals surface area contributed by atoms with Gasteiger partial charge in [-0.2, -0.15) is 0 Å². The Kier molecular flexibility index (Phi) is 4.50. The molecule has 130 valence electrons. The van der Waals surface area contributed by atoms with Crippen LogP contribution in [0.25, 0.3) is 0 Å². The second-order valence-corrected chi connectivity index (χ2v) is 8.05. The van der Waals surface area contributed by atoms with E-state index in [4.69, 9.17) is 9.73 Å². The summed E-state index contributed by atoms with van der Waals surface area (Å²) in [5.74, 6) is 1.90. The lowest BCUT2D eigenvalue weighted by Gasteiger charge is -2.25. The number of guanidine groups is 1. The van der Waals surface area contributed by atoms with Crippen LogP contribution < -0.4 is 5.32 Å². The van der Waals surface area contributed by atoms with E-state index in [1.165, 1.54) is 45.2 Å². The van der Waals surface area contributed by atoms with Gasteiger partial charge in [0.25, 0.3) is 0 Å². The molecule has 1 spiro atoms. The quantitative estimate of drug-likeness (QED) is 0.630. The van der Waals surface area contributed by atoms with Crippen LogP contribution in [0.5, 0.6) is 0 Å². The molecule has 4 fully saturated rings. The van der Waals surface area contributed by atoms with Crippen LogP contribution in [0, 0.1) is 11.3 Å². The zero-order valence-corrected chi connectivity index (χ0v) is 14.6. The fourth-order valence-corrected chi connectivity index (χ4v) is 4.51. The van der Waals surface area contributed by atoms with Gasteiger partial charge in [-0.3, -0.25) is 4.99 Å². The van der Waals surface area contributed by atoms with E-state index in [0.717, 1.165) is 57.3 Å². The fraction of sp³-hybridized carbons (Fsp3) is 0.944. The number of likely N-dealkylation sites (tertiary alicyclic amines) is 2. The first-order valence-electron chi connectivity index (χ1n) is 9.63. The van der Waals surface area contributed by atoms with E-state index in [1.54, 1.807) is 0 Å². The van der Waals surface area contributed by atoms with Crippen molar-refractivity contribution in [2.75, 3.05) is 52.5 Å². The van der Waals surface area contributed by atoms with E-state index >= 15 is 0 Å². The molecule has 2 unspecified atom stereocenters. The summed E-state index contributed by atoms with van der Waals surface area (Å²) >= 11 is 0. The molecule has 4 aliphatic rings. The first-order valence-corrected chi connectivity index (χ1v) is 9.63. The summed E-state index contributed by atoms with van der Waals surface area (Å²) in [6, 6.07) is 0.915. The molecule has 0 bridgehead atoms. The standard InChI is InChI=1S/C18H32N4O/c1-2-19-17(22-9-6-18(13-22)7-10-23-14-18)20-11-15-5-8-21(12-15)16-3-4-16/h15-16H,2-14H2,1H3,(H,19,20). The number of hydrogen-bond acceptors (Lipinski definition) is 3. The van der Waals surface area contributed by atoms with Crippen LogP contribution >= 0.6 is 0 Å². The number of ether oxygens (including phenoxy) is 1. The summed E-state index contributed by atoms with van der Waals surface area (Å²) < 4.78 is 5.66. The monoisotopic (exact) mass is 320 g/mol. The highest BCUT2D eigenvalue weighted by Crippen LogP contribution is 2.38. The van der Waals surface area contributed by atoms with Crippen molar-refractivity contribution in [1.82, 2.24) is 15.1 Å². The number of hydrogen-bond donors (Lipinski definition) is 1. The fourth-order valence-electron chi connectivity index (χ4n) is 4.51. The van der Waals surface area contributed by atoms with Gasteiger partial charge in [0, 0.05) is 50.8 Å². The van der Waals surface area contributed by atoms with E-state index in [2.05, 4.69) is 22.0 Å². The summed E-state index contributed by atoms with van der Waals surface area (Å²) in [5.41, 5.74) is 0.409. The number of nitrogens with zero attached hydrogens (tertiary/aromatic N) is 3. The second-order valence-electron chi connectivity index (χ2n) is 8.05. The Labute approximate surface area is 140 Å². The van der Waals surface area contributed by atoms with Gasteiger partial charge in [0.05, 0.1) is 6.61 Å². The Balaban J connectivity index is 1.33. The van der Waals surface area contributed by atoms with Gasteiger partial charge in [-0.15, -0.1) is 0 Å². The first-order chi connectivity index (χ1) is 11.3. The molecule has 2 atom stereocenters. The zero-order valence-electron chi connectivity index (χ0n) is 14.6. The molecule has 3 saturated heterocycles. The Morgan fingerprint density at radius 3 is 2.91 bits per heavy atom. The molecule has 0 aromatic heterocycles. The SMILES string of the molecule is CCNC(=NCC1CCN(C2CC2)C1)N1CCC2(CCOC2)C1. The third kappa shape index (κ3) is 3.50. The molecule has 0 aromatic rings. The van der Waals surface area contributed by atoms with Crippen molar-refractivity contribution in [2.24, 2.45) is 16.3 Å². The highest BCUT2D eigenvalue weighted by atomic mass is 16.5. The minimum atomic E-state index is 0.409. The van der Waals surface area contributed by atoms with Crippen molar-refractivity contribution in [3.05, 3.63) is 0 Å². The summed E-state index contributed by atoms with van der Waals surface area (Å²) in [7, 11) is 0. The van der Waals surface area contributed by atoms with Crippen molar-refractivity contribution in [2.45, 2.75) is 45.1 Å². The maximum Gasteiger partial charge on any atom is 0.193 e. The van der Waals surface area contributed by atoms with Crippen LogP contribution in [-0.2, 0) is 4.74 Å². The first kappa shape index (κ1) is 15.7. The van der Waals surface area contributed by atoms with Crippen molar-refractivity contribution in [1.29, 1.82) is 0 Å². The molecule has 5 heteroatoms. The minimum Gasteiger partial charge on any atom is -0.381 e. The molecule has 0 aromatic carbocycles. The molecule has 3 aliphatic heterocycles. The molecule has 1 saturated carbocycles. The van der Waals surface area contributed by atoms with Crippen LogP contribution in [0.2, 0.25) is 0 Å². The minimum absolute atomic E-state index is 0.409. The summed E-state index contributed by atoms with van der Waals surface area (Å²) in [5, 5.41) is 3.52. The Morgan fingerprint density at radius 2 is 2.17 bits per heavy atom. The number of rotatable bonds is 4. The largest absolute Gasteiger partial charge is 0.381 e. The van der Waals surface area contributed by atoms with Gasteiger partial charge in [0.2, 0.25) is 0 Å². The Morgan fingerprint density at radius 1 is 1.26 bits per heavy atom. The van der Waals surface area contributed by atoms with Gasteiger partial charge in [-0.05, 0) is 51.5 Å². The summed E-state index contributed by atoms with van der Waals surface area (Å²) in [6.45, 7) is 10.8. The molecule has 0 radical (unpaired) electrons. The lowest BCUT2D eigenvalue weighted by Crippen LogP contribution is -2.41. The zero-order chi connectivity index (χ0) is 15.7. The van der Waals surface area contributed by atoms with Crippen molar-refractivity contribution < 1.29 is 4.74 Å². The second kappa shape index (κ2) is 6.60. The predicted molar refractivity (Wildman–Crippen MR) is 92.7 cm³/mol. The number of nitrogens with one attached hydrogen (secondary N) is 1. The topological polar surface area (TPSA) is 40.1 Å². The average Bonchev–Trinajstić information content (AvgIpc) is 3.00. The Bertz CT molecular complexity index is 442. The highest BCUT2D eigenvalue weighted by molar-refractivity contribution is 5.80. The summed E-state index contributed by atoms with van der Waals surface area (Å²) in [6.07, 6.45) is 6.67. The molecule has 3 heterocycles. The van der Waals surface area contributed by atoms with Crippen LogP contribution in [0.15, 0.2) is 4.99 Å². The van der Waals surface area contributed by atoms with Crippen LogP contribution in [0.3, 0.4) is 0 Å². The third-order valence-electron chi connectivity index (χ3n) is 6.14. The predicted octanol–water partition coefficient (Wildman–Crippen LogP) is 1.55. The van der Waals surface area contributed by atoms with E-state index in [0.29, 0.717) is 5.41 Å². The van der Waals surface area contributed by atoms with Gasteiger partial charge >= 0.3 is 0 Å². The molecular formula is C18H32N4O. The van der Waals surface area contributed by atoms with Crippen molar-refractivity contribution in [3.8, 4) is 0 Å². The maximum absolute atomic E-state index is 5.66. The van der Waals surface area contributed by atoms with Crippen LogP contribution in [0.4, 0.5) is 0 Å². The molecule has 5 nitrogen and oxygen atoms in total. The Hall–Kier alpha value is -0.810. The molecule has 1 N–H and O–H groups in total. The molecule has 1 aliphatic carbocycles. The molecule has 23 heavy (non-hydrogen) atoms. The van der Waals surface area contributed by atoms with Gasteiger partial charge in [-0.1, -0.05) is 0 Å². The maximum atomic E-state index is 5.66. The van der Waals surface area contributed by atoms with E-state index < -0.39 is 0 Å². The molecule has 0 amide bonds. The van der Waals surface area contributed by atoms with Crippen molar-refractivity contribution in [3.63, 3.8) is 0 Å². The van der Waals surface area contributed by atoms with Crippen LogP contribution in [-0.4, -0.2) is 74.3 Å². The van der Waals surface area contributed by atoms with E-state index in [-0.39, 0.29) is 0 Å². The smallest absolute Gasteiger partial charge is 0.193 e. The molecular weight excluding hydrogens is 288 g/mol. The number of aliphatic imine (C=N–C) groups is 1.